The van der Waals surface area contributed by atoms with Crippen LogP contribution in [0.2, 0.25) is 0 Å². The largest absolute Gasteiger partial charge is 0.348 e. The highest BCUT2D eigenvalue weighted by Crippen LogP contribution is 2.33. The number of aromatic nitrogens is 1. The first-order chi connectivity index (χ1) is 13.4. The molecule has 0 bridgehead atoms. The van der Waals surface area contributed by atoms with E-state index in [1.54, 1.807) is 6.07 Å². The highest BCUT2D eigenvalue weighted by atomic mass is 32.1. The summed E-state index contributed by atoms with van der Waals surface area (Å²) in [6.45, 7) is 7.64. The summed E-state index contributed by atoms with van der Waals surface area (Å²) >= 11 is 1.51. The summed E-state index contributed by atoms with van der Waals surface area (Å²) < 4.78 is 14.8. The molecule has 2 aromatic carbocycles. The maximum absolute atomic E-state index is 13.9. The Morgan fingerprint density at radius 2 is 1.86 bits per heavy atom. The van der Waals surface area contributed by atoms with Gasteiger partial charge in [0.15, 0.2) is 5.13 Å². The molecular weight excluding hydrogens is 373 g/mol. The molecule has 3 aromatic rings. The molecule has 4 rings (SSSR count). The van der Waals surface area contributed by atoms with E-state index in [1.807, 2.05) is 19.9 Å². The molecule has 0 radical (unpaired) electrons. The number of amides is 1. The van der Waals surface area contributed by atoms with Gasteiger partial charge in [-0.15, -0.1) is 0 Å². The normalized spacial score (nSPS) is 15.2. The number of anilines is 2. The minimum atomic E-state index is -0.280. The SMILES string of the molecule is Cc1cc(C)c(NC(=O)C2CCN(c3nc4c(F)cccc4s3)CC2)c(C)c1. The van der Waals surface area contributed by atoms with Gasteiger partial charge in [0.2, 0.25) is 5.91 Å². The monoisotopic (exact) mass is 397 g/mol. The van der Waals surface area contributed by atoms with E-state index in [1.165, 1.54) is 23.0 Å². The smallest absolute Gasteiger partial charge is 0.227 e. The van der Waals surface area contributed by atoms with Crippen LogP contribution in [0, 0.1) is 32.5 Å². The minimum Gasteiger partial charge on any atom is -0.348 e. The number of carbonyl (C=O) groups is 1. The van der Waals surface area contributed by atoms with E-state index in [9.17, 15) is 9.18 Å². The summed E-state index contributed by atoms with van der Waals surface area (Å²) in [4.78, 5) is 19.4. The second-order valence-electron chi connectivity index (χ2n) is 7.61. The second kappa shape index (κ2) is 7.51. The van der Waals surface area contributed by atoms with Crippen molar-refractivity contribution in [1.29, 1.82) is 0 Å². The molecule has 6 heteroatoms. The molecule has 1 aliphatic heterocycles. The van der Waals surface area contributed by atoms with Crippen molar-refractivity contribution < 1.29 is 9.18 Å². The fourth-order valence-corrected chi connectivity index (χ4v) is 5.01. The molecule has 1 amide bonds. The number of fused-ring (bicyclic) bond motifs is 1. The van der Waals surface area contributed by atoms with Gasteiger partial charge < -0.3 is 10.2 Å². The van der Waals surface area contributed by atoms with Crippen molar-refractivity contribution >= 4 is 38.3 Å². The number of halogens is 1. The Bertz CT molecular complexity index is 1010. The first-order valence-electron chi connectivity index (χ1n) is 9.61. The fraction of sp³-hybridized carbons (Fsp3) is 0.364. The number of nitrogens with one attached hydrogen (secondary N) is 1. The molecule has 2 heterocycles. The number of hydrogen-bond donors (Lipinski definition) is 1. The summed E-state index contributed by atoms with van der Waals surface area (Å²) in [5, 5.41) is 3.98. The number of thiazole rings is 1. The number of piperidine rings is 1. The quantitative estimate of drug-likeness (QED) is 0.659. The number of rotatable bonds is 3. The van der Waals surface area contributed by atoms with Crippen LogP contribution in [-0.4, -0.2) is 24.0 Å². The van der Waals surface area contributed by atoms with Crippen molar-refractivity contribution in [1.82, 2.24) is 4.98 Å². The van der Waals surface area contributed by atoms with Gasteiger partial charge in [0, 0.05) is 24.7 Å². The Labute approximate surface area is 168 Å². The average Bonchev–Trinajstić information content (AvgIpc) is 3.10. The predicted octanol–water partition coefficient (Wildman–Crippen LogP) is 5.22. The third-order valence-corrected chi connectivity index (χ3v) is 6.50. The molecule has 0 unspecified atom stereocenters. The van der Waals surface area contributed by atoms with E-state index in [0.717, 1.165) is 52.6 Å². The van der Waals surface area contributed by atoms with Crippen molar-refractivity contribution in [3.05, 3.63) is 52.8 Å². The minimum absolute atomic E-state index is 0.0116. The van der Waals surface area contributed by atoms with Crippen LogP contribution in [0.3, 0.4) is 0 Å². The van der Waals surface area contributed by atoms with Crippen molar-refractivity contribution in [3.63, 3.8) is 0 Å². The highest BCUT2D eigenvalue weighted by molar-refractivity contribution is 7.22. The fourth-order valence-electron chi connectivity index (χ4n) is 3.97. The highest BCUT2D eigenvalue weighted by Gasteiger charge is 2.27. The second-order valence-corrected chi connectivity index (χ2v) is 8.62. The molecule has 146 valence electrons. The van der Waals surface area contributed by atoms with Crippen LogP contribution in [0.15, 0.2) is 30.3 Å². The summed E-state index contributed by atoms with van der Waals surface area (Å²) in [6, 6.07) is 9.24. The van der Waals surface area contributed by atoms with Gasteiger partial charge in [0.25, 0.3) is 0 Å². The molecule has 0 spiro atoms. The van der Waals surface area contributed by atoms with Gasteiger partial charge in [0.05, 0.1) is 4.70 Å². The molecule has 1 fully saturated rings. The first kappa shape index (κ1) is 18.9. The molecule has 1 aliphatic rings. The van der Waals surface area contributed by atoms with Crippen LogP contribution >= 0.6 is 11.3 Å². The third kappa shape index (κ3) is 3.61. The molecule has 1 aromatic heterocycles. The van der Waals surface area contributed by atoms with Crippen LogP contribution < -0.4 is 10.2 Å². The molecule has 28 heavy (non-hydrogen) atoms. The van der Waals surface area contributed by atoms with E-state index < -0.39 is 0 Å². The third-order valence-electron chi connectivity index (χ3n) is 5.42. The summed E-state index contributed by atoms with van der Waals surface area (Å²) in [7, 11) is 0. The van der Waals surface area contributed by atoms with E-state index in [4.69, 9.17) is 0 Å². The number of para-hydroxylation sites is 1. The van der Waals surface area contributed by atoms with Gasteiger partial charge in [0.1, 0.15) is 11.3 Å². The number of carbonyl (C=O) groups excluding carboxylic acids is 1. The van der Waals surface area contributed by atoms with Gasteiger partial charge in [-0.25, -0.2) is 9.37 Å². The van der Waals surface area contributed by atoms with E-state index in [-0.39, 0.29) is 17.6 Å². The lowest BCUT2D eigenvalue weighted by Crippen LogP contribution is -2.38. The lowest BCUT2D eigenvalue weighted by Gasteiger charge is -2.31. The van der Waals surface area contributed by atoms with Crippen LogP contribution in [0.1, 0.15) is 29.5 Å². The number of hydrogen-bond acceptors (Lipinski definition) is 4. The van der Waals surface area contributed by atoms with Crippen LogP contribution in [0.5, 0.6) is 0 Å². The van der Waals surface area contributed by atoms with E-state index in [0.29, 0.717) is 5.52 Å². The Morgan fingerprint density at radius 1 is 1.18 bits per heavy atom. The van der Waals surface area contributed by atoms with E-state index in [2.05, 4.69) is 34.3 Å². The molecule has 0 saturated carbocycles. The Kier molecular flexibility index (Phi) is 5.06. The maximum Gasteiger partial charge on any atom is 0.227 e. The number of aryl methyl sites for hydroxylation is 3. The number of benzene rings is 2. The van der Waals surface area contributed by atoms with Crippen molar-refractivity contribution in [3.8, 4) is 0 Å². The standard InChI is InChI=1S/C22H24FN3OS/c1-13-11-14(2)19(15(3)12-13)24-21(27)16-7-9-26(10-8-16)22-25-20-17(23)5-4-6-18(20)28-22/h4-6,11-12,16H,7-10H2,1-3H3,(H,24,27). The number of nitrogens with zero attached hydrogens (tertiary/aromatic N) is 2. The Balaban J connectivity index is 1.42. The zero-order valence-electron chi connectivity index (χ0n) is 16.4. The van der Waals surface area contributed by atoms with Crippen molar-refractivity contribution in [2.75, 3.05) is 23.3 Å². The predicted molar refractivity (Wildman–Crippen MR) is 114 cm³/mol. The van der Waals surface area contributed by atoms with Gasteiger partial charge >= 0.3 is 0 Å². The van der Waals surface area contributed by atoms with Crippen LogP contribution in [0.4, 0.5) is 15.2 Å². The average molecular weight is 398 g/mol. The summed E-state index contributed by atoms with van der Waals surface area (Å²) in [5.41, 5.74) is 4.76. The molecule has 1 saturated heterocycles. The lowest BCUT2D eigenvalue weighted by molar-refractivity contribution is -0.120. The van der Waals surface area contributed by atoms with Gasteiger partial charge in [-0.3, -0.25) is 4.79 Å². The molecule has 4 nitrogen and oxygen atoms in total. The van der Waals surface area contributed by atoms with Crippen molar-refractivity contribution in [2.45, 2.75) is 33.6 Å². The zero-order valence-corrected chi connectivity index (χ0v) is 17.2. The Hall–Kier alpha value is -2.47. The molecule has 0 atom stereocenters. The van der Waals surface area contributed by atoms with Gasteiger partial charge in [-0.1, -0.05) is 35.1 Å². The van der Waals surface area contributed by atoms with Crippen LogP contribution in [-0.2, 0) is 4.79 Å². The van der Waals surface area contributed by atoms with Gasteiger partial charge in [-0.05, 0) is 56.9 Å². The summed E-state index contributed by atoms with van der Waals surface area (Å²) in [6.07, 6.45) is 1.54. The molecular formula is C22H24FN3OS. The van der Waals surface area contributed by atoms with Gasteiger partial charge in [-0.2, -0.15) is 0 Å². The first-order valence-corrected chi connectivity index (χ1v) is 10.4. The topological polar surface area (TPSA) is 45.2 Å². The van der Waals surface area contributed by atoms with Crippen LogP contribution in [0.25, 0.3) is 10.2 Å². The lowest BCUT2D eigenvalue weighted by atomic mass is 9.95. The zero-order chi connectivity index (χ0) is 19.8. The molecule has 0 aliphatic carbocycles. The van der Waals surface area contributed by atoms with E-state index >= 15 is 0 Å². The molecule has 1 N–H and O–H groups in total. The summed E-state index contributed by atoms with van der Waals surface area (Å²) in [5.74, 6) is -0.203. The van der Waals surface area contributed by atoms with Crippen molar-refractivity contribution in [2.24, 2.45) is 5.92 Å². The maximum atomic E-state index is 13.9. The Morgan fingerprint density at radius 3 is 2.50 bits per heavy atom.